The van der Waals surface area contributed by atoms with E-state index in [4.69, 9.17) is 0 Å². The lowest BCUT2D eigenvalue weighted by Crippen LogP contribution is -2.20. The van der Waals surface area contributed by atoms with E-state index in [1.165, 1.54) is 16.7 Å². The monoisotopic (exact) mass is 298 g/mol. The number of benzene rings is 1. The van der Waals surface area contributed by atoms with Crippen molar-refractivity contribution >= 4 is 0 Å². The third-order valence-electron chi connectivity index (χ3n) is 4.28. The number of imidazole rings is 1. The van der Waals surface area contributed by atoms with Gasteiger partial charge in [-0.25, -0.2) is 4.98 Å². The van der Waals surface area contributed by atoms with E-state index >= 15 is 0 Å². The molecule has 2 aromatic rings. The highest BCUT2D eigenvalue weighted by atomic mass is 15.2. The molecule has 3 rings (SSSR count). The molecule has 1 aromatic heterocycles. The minimum Gasteiger partial charge on any atom is -0.334 e. The molecule has 0 spiro atoms. The van der Waals surface area contributed by atoms with Crippen molar-refractivity contribution in [3.63, 3.8) is 0 Å². The molecule has 4 nitrogen and oxygen atoms in total. The molecule has 118 valence electrons. The lowest BCUT2D eigenvalue weighted by molar-refractivity contribution is 0.304. The zero-order valence-electron chi connectivity index (χ0n) is 13.9. The summed E-state index contributed by atoms with van der Waals surface area (Å²) in [6.45, 7) is 7.27. The Morgan fingerprint density at radius 2 is 2.00 bits per heavy atom. The van der Waals surface area contributed by atoms with Gasteiger partial charge in [-0.2, -0.15) is 0 Å². The van der Waals surface area contributed by atoms with Gasteiger partial charge < -0.3 is 4.57 Å². The normalized spacial score (nSPS) is 14.7. The van der Waals surface area contributed by atoms with Crippen molar-refractivity contribution in [2.24, 2.45) is 0 Å². The van der Waals surface area contributed by atoms with Crippen molar-refractivity contribution in [3.8, 4) is 0 Å². The van der Waals surface area contributed by atoms with Crippen LogP contribution >= 0.6 is 0 Å². The number of hydrogen-bond acceptors (Lipinski definition) is 3. The standard InChI is InChI=1S/C18H26N4/c1-4-8-22-9-7-19-18(22)14-20(2)11-15-5-6-16-12-21(3)13-17(16)10-15/h5-7,9-10H,4,8,11-14H2,1-3H3. The van der Waals surface area contributed by atoms with Crippen molar-refractivity contribution in [1.82, 2.24) is 19.4 Å². The molecule has 1 aromatic carbocycles. The fraction of sp³-hybridized carbons (Fsp3) is 0.500. The van der Waals surface area contributed by atoms with Gasteiger partial charge in [0, 0.05) is 38.6 Å². The minimum absolute atomic E-state index is 0.893. The SMILES string of the molecule is CCCn1ccnc1CN(C)Cc1ccc2c(c1)CN(C)C2. The first-order chi connectivity index (χ1) is 10.7. The predicted octanol–water partition coefficient (Wildman–Crippen LogP) is 2.87. The van der Waals surface area contributed by atoms with Crippen LogP contribution in [0.2, 0.25) is 0 Å². The molecule has 22 heavy (non-hydrogen) atoms. The summed E-state index contributed by atoms with van der Waals surface area (Å²) in [5, 5.41) is 0. The lowest BCUT2D eigenvalue weighted by Gasteiger charge is -2.18. The Hall–Kier alpha value is -1.65. The second-order valence-electron chi connectivity index (χ2n) is 6.48. The summed E-state index contributed by atoms with van der Waals surface area (Å²) in [5.41, 5.74) is 4.36. The summed E-state index contributed by atoms with van der Waals surface area (Å²) >= 11 is 0. The van der Waals surface area contributed by atoms with Crippen LogP contribution in [0.4, 0.5) is 0 Å². The van der Waals surface area contributed by atoms with Gasteiger partial charge >= 0.3 is 0 Å². The first-order valence-electron chi connectivity index (χ1n) is 8.13. The molecular weight excluding hydrogens is 272 g/mol. The van der Waals surface area contributed by atoms with Gasteiger partial charge in [-0.1, -0.05) is 25.1 Å². The highest BCUT2D eigenvalue weighted by Gasteiger charge is 2.16. The van der Waals surface area contributed by atoms with E-state index in [-0.39, 0.29) is 0 Å². The van der Waals surface area contributed by atoms with Gasteiger partial charge in [0.1, 0.15) is 5.82 Å². The Morgan fingerprint density at radius 1 is 1.18 bits per heavy atom. The summed E-state index contributed by atoms with van der Waals surface area (Å²) in [5.74, 6) is 1.16. The van der Waals surface area contributed by atoms with E-state index in [1.54, 1.807) is 0 Å². The maximum Gasteiger partial charge on any atom is 0.122 e. The van der Waals surface area contributed by atoms with Crippen LogP contribution in [0.5, 0.6) is 0 Å². The summed E-state index contributed by atoms with van der Waals surface area (Å²) in [4.78, 5) is 9.20. The predicted molar refractivity (Wildman–Crippen MR) is 89.3 cm³/mol. The maximum atomic E-state index is 4.50. The number of hydrogen-bond donors (Lipinski definition) is 0. The van der Waals surface area contributed by atoms with Crippen LogP contribution in [0.25, 0.3) is 0 Å². The molecule has 0 amide bonds. The van der Waals surface area contributed by atoms with Crippen molar-refractivity contribution in [2.75, 3.05) is 14.1 Å². The van der Waals surface area contributed by atoms with Crippen LogP contribution in [-0.2, 0) is 32.7 Å². The molecule has 0 unspecified atom stereocenters. The van der Waals surface area contributed by atoms with Crippen LogP contribution in [0.3, 0.4) is 0 Å². The van der Waals surface area contributed by atoms with Gasteiger partial charge in [-0.3, -0.25) is 9.80 Å². The molecule has 0 aliphatic carbocycles. The summed E-state index contributed by atoms with van der Waals surface area (Å²) in [6.07, 6.45) is 5.13. The highest BCUT2D eigenvalue weighted by molar-refractivity contribution is 5.34. The Morgan fingerprint density at radius 3 is 2.82 bits per heavy atom. The zero-order chi connectivity index (χ0) is 15.5. The van der Waals surface area contributed by atoms with E-state index in [9.17, 15) is 0 Å². The Labute approximate surface area is 133 Å². The molecule has 0 N–H and O–H groups in total. The summed E-state index contributed by atoms with van der Waals surface area (Å²) < 4.78 is 2.26. The molecule has 0 atom stereocenters. The number of aromatic nitrogens is 2. The number of fused-ring (bicyclic) bond motifs is 1. The van der Waals surface area contributed by atoms with E-state index in [0.29, 0.717) is 0 Å². The Balaban J connectivity index is 1.63. The Bertz CT molecular complexity index is 632. The van der Waals surface area contributed by atoms with Gasteiger partial charge in [-0.05, 0) is 37.2 Å². The van der Waals surface area contributed by atoms with Crippen molar-refractivity contribution in [2.45, 2.75) is 46.1 Å². The van der Waals surface area contributed by atoms with Gasteiger partial charge in [0.2, 0.25) is 0 Å². The molecule has 0 bridgehead atoms. The average Bonchev–Trinajstić information content (AvgIpc) is 3.04. The second-order valence-corrected chi connectivity index (χ2v) is 6.48. The van der Waals surface area contributed by atoms with Crippen LogP contribution in [0.15, 0.2) is 30.6 Å². The van der Waals surface area contributed by atoms with Crippen LogP contribution in [0, 0.1) is 0 Å². The van der Waals surface area contributed by atoms with Gasteiger partial charge in [-0.15, -0.1) is 0 Å². The molecule has 0 radical (unpaired) electrons. The quantitative estimate of drug-likeness (QED) is 0.819. The average molecular weight is 298 g/mol. The van der Waals surface area contributed by atoms with Gasteiger partial charge in [0.05, 0.1) is 6.54 Å². The molecule has 4 heteroatoms. The molecule has 2 heterocycles. The summed E-state index contributed by atoms with van der Waals surface area (Å²) in [6, 6.07) is 6.93. The number of rotatable bonds is 6. The van der Waals surface area contributed by atoms with Crippen molar-refractivity contribution in [1.29, 1.82) is 0 Å². The van der Waals surface area contributed by atoms with E-state index < -0.39 is 0 Å². The third-order valence-corrected chi connectivity index (χ3v) is 4.28. The van der Waals surface area contributed by atoms with Crippen LogP contribution in [-0.4, -0.2) is 33.4 Å². The summed E-state index contributed by atoms with van der Waals surface area (Å²) in [7, 11) is 4.35. The molecule has 0 fully saturated rings. The number of nitrogens with zero attached hydrogens (tertiary/aromatic N) is 4. The van der Waals surface area contributed by atoms with E-state index in [2.05, 4.69) is 64.8 Å². The Kier molecular flexibility index (Phi) is 4.60. The minimum atomic E-state index is 0.893. The van der Waals surface area contributed by atoms with Crippen molar-refractivity contribution in [3.05, 3.63) is 53.1 Å². The van der Waals surface area contributed by atoms with E-state index in [1.807, 2.05) is 6.20 Å². The number of aryl methyl sites for hydroxylation is 1. The topological polar surface area (TPSA) is 24.3 Å². The lowest BCUT2D eigenvalue weighted by atomic mass is 10.1. The first kappa shape index (κ1) is 15.3. The van der Waals surface area contributed by atoms with Crippen LogP contribution in [0.1, 0.15) is 35.9 Å². The molecule has 1 aliphatic rings. The van der Waals surface area contributed by atoms with Crippen molar-refractivity contribution < 1.29 is 0 Å². The molecule has 0 saturated carbocycles. The first-order valence-corrected chi connectivity index (χ1v) is 8.13. The molecule has 0 saturated heterocycles. The largest absolute Gasteiger partial charge is 0.334 e. The molecule has 1 aliphatic heterocycles. The zero-order valence-corrected chi connectivity index (χ0v) is 13.9. The smallest absolute Gasteiger partial charge is 0.122 e. The highest BCUT2D eigenvalue weighted by Crippen LogP contribution is 2.23. The third kappa shape index (κ3) is 3.39. The van der Waals surface area contributed by atoms with Gasteiger partial charge in [0.15, 0.2) is 0 Å². The fourth-order valence-electron chi connectivity index (χ4n) is 3.26. The fourth-order valence-corrected chi connectivity index (χ4v) is 3.26. The van der Waals surface area contributed by atoms with Crippen LogP contribution < -0.4 is 0 Å². The second kappa shape index (κ2) is 6.63. The maximum absolute atomic E-state index is 4.50. The molecular formula is C18H26N4. The van der Waals surface area contributed by atoms with Gasteiger partial charge in [0.25, 0.3) is 0 Å². The van der Waals surface area contributed by atoms with E-state index in [0.717, 1.165) is 45.0 Å².